The smallest absolute Gasteiger partial charge is 0.267 e. The van der Waals surface area contributed by atoms with Crippen LogP contribution in [0.25, 0.3) is 0 Å². The molecule has 0 saturated carbocycles. The summed E-state index contributed by atoms with van der Waals surface area (Å²) >= 11 is 1.55. The Labute approximate surface area is 114 Å². The number of nitrogens with one attached hydrogen (secondary N) is 2. The molecule has 102 valence electrons. The van der Waals surface area contributed by atoms with Crippen molar-refractivity contribution in [2.75, 3.05) is 12.8 Å². The molecule has 0 spiro atoms. The molecule has 2 amide bonds. The number of carbonyl (C=O) groups excluding carboxylic acids is 2. The molecule has 2 atom stereocenters. The molecule has 2 rings (SSSR count). The van der Waals surface area contributed by atoms with E-state index in [1.807, 2.05) is 12.3 Å². The first kappa shape index (κ1) is 13.7. The highest BCUT2D eigenvalue weighted by Gasteiger charge is 2.39. The van der Waals surface area contributed by atoms with Crippen LogP contribution in [-0.4, -0.2) is 35.8 Å². The number of hydrogen-bond acceptors (Lipinski definition) is 5. The van der Waals surface area contributed by atoms with Crippen molar-refractivity contribution < 1.29 is 19.5 Å². The fourth-order valence-electron chi connectivity index (χ4n) is 1.74. The lowest BCUT2D eigenvalue weighted by Gasteiger charge is -2.12. The molecule has 1 aromatic carbocycles. The predicted molar refractivity (Wildman–Crippen MR) is 69.5 cm³/mol. The molecule has 2 unspecified atom stereocenters. The summed E-state index contributed by atoms with van der Waals surface area (Å²) in [4.78, 5) is 29.2. The fraction of sp³-hybridized carbons (Fsp3) is 0.333. The SMILES string of the molecule is CSc1cccc(ONC(=O)C2C(=O)NCC2O)c1. The van der Waals surface area contributed by atoms with Gasteiger partial charge in [0.1, 0.15) is 5.92 Å². The Hall–Kier alpha value is -1.73. The third kappa shape index (κ3) is 3.18. The van der Waals surface area contributed by atoms with E-state index < -0.39 is 23.8 Å². The third-order valence-electron chi connectivity index (χ3n) is 2.75. The van der Waals surface area contributed by atoms with Gasteiger partial charge in [-0.15, -0.1) is 11.8 Å². The quantitative estimate of drug-likeness (QED) is 0.409. The van der Waals surface area contributed by atoms with Crippen LogP contribution in [0.5, 0.6) is 5.75 Å². The van der Waals surface area contributed by atoms with Crippen LogP contribution >= 0.6 is 11.8 Å². The lowest BCUT2D eigenvalue weighted by Crippen LogP contribution is -2.40. The van der Waals surface area contributed by atoms with Gasteiger partial charge in [-0.3, -0.25) is 9.59 Å². The van der Waals surface area contributed by atoms with Crippen molar-refractivity contribution in [2.24, 2.45) is 5.92 Å². The second kappa shape index (κ2) is 5.94. The summed E-state index contributed by atoms with van der Waals surface area (Å²) in [6.45, 7) is 0.0822. The molecule has 6 nitrogen and oxygen atoms in total. The number of amides is 2. The van der Waals surface area contributed by atoms with E-state index in [-0.39, 0.29) is 6.54 Å². The minimum absolute atomic E-state index is 0.0822. The molecular weight excluding hydrogens is 268 g/mol. The van der Waals surface area contributed by atoms with Gasteiger partial charge in [-0.05, 0) is 24.5 Å². The summed E-state index contributed by atoms with van der Waals surface area (Å²) in [6, 6.07) is 7.15. The number of hydroxylamine groups is 1. The third-order valence-corrected chi connectivity index (χ3v) is 3.47. The van der Waals surface area contributed by atoms with Gasteiger partial charge in [0.25, 0.3) is 5.91 Å². The number of hydrogen-bond donors (Lipinski definition) is 3. The van der Waals surface area contributed by atoms with E-state index in [1.165, 1.54) is 0 Å². The number of β-amino-alcohol motifs (C(OH)–C–C–N with tert-alkyl or cyclic N) is 1. The van der Waals surface area contributed by atoms with Crippen LogP contribution in [0.3, 0.4) is 0 Å². The first-order valence-electron chi connectivity index (χ1n) is 5.68. The fourth-order valence-corrected chi connectivity index (χ4v) is 2.19. The Morgan fingerprint density at radius 1 is 1.58 bits per heavy atom. The minimum Gasteiger partial charge on any atom is -0.390 e. The summed E-state index contributed by atoms with van der Waals surface area (Å²) in [5.41, 5.74) is 2.18. The maximum Gasteiger partial charge on any atom is 0.267 e. The van der Waals surface area contributed by atoms with Crippen molar-refractivity contribution in [3.63, 3.8) is 0 Å². The highest BCUT2D eigenvalue weighted by molar-refractivity contribution is 7.98. The molecule has 0 bridgehead atoms. The lowest BCUT2D eigenvalue weighted by molar-refractivity contribution is -0.140. The monoisotopic (exact) mass is 282 g/mol. The number of thioether (sulfide) groups is 1. The van der Waals surface area contributed by atoms with Crippen molar-refractivity contribution in [1.82, 2.24) is 10.8 Å². The second-order valence-corrected chi connectivity index (χ2v) is 4.92. The molecule has 1 aromatic rings. The maximum absolute atomic E-state index is 11.7. The van der Waals surface area contributed by atoms with Gasteiger partial charge in [0.2, 0.25) is 5.91 Å². The molecule has 3 N–H and O–H groups in total. The van der Waals surface area contributed by atoms with Crippen LogP contribution in [0.2, 0.25) is 0 Å². The zero-order chi connectivity index (χ0) is 13.8. The van der Waals surface area contributed by atoms with Gasteiger partial charge in [0.15, 0.2) is 5.75 Å². The molecule has 1 aliphatic heterocycles. The standard InChI is InChI=1S/C12H14N2O4S/c1-19-8-4-2-3-7(5-8)18-14-12(17)10-9(15)6-13-11(10)16/h2-5,9-10,15H,6H2,1H3,(H,13,16)(H,14,17). The van der Waals surface area contributed by atoms with E-state index in [4.69, 9.17) is 4.84 Å². The van der Waals surface area contributed by atoms with E-state index in [1.54, 1.807) is 30.0 Å². The van der Waals surface area contributed by atoms with Gasteiger partial charge in [0, 0.05) is 11.4 Å². The molecule has 1 saturated heterocycles. The number of rotatable bonds is 4. The van der Waals surface area contributed by atoms with Gasteiger partial charge in [0.05, 0.1) is 6.10 Å². The first-order chi connectivity index (χ1) is 9.11. The Morgan fingerprint density at radius 2 is 2.37 bits per heavy atom. The average molecular weight is 282 g/mol. The van der Waals surface area contributed by atoms with Crippen LogP contribution < -0.4 is 15.6 Å². The van der Waals surface area contributed by atoms with Crippen LogP contribution in [0.4, 0.5) is 0 Å². The normalized spacial score (nSPS) is 21.9. The molecule has 19 heavy (non-hydrogen) atoms. The number of aliphatic hydroxyl groups is 1. The van der Waals surface area contributed by atoms with Crippen molar-refractivity contribution in [2.45, 2.75) is 11.0 Å². The minimum atomic E-state index is -1.12. The molecule has 1 fully saturated rings. The maximum atomic E-state index is 11.7. The van der Waals surface area contributed by atoms with Gasteiger partial charge >= 0.3 is 0 Å². The van der Waals surface area contributed by atoms with Gasteiger partial charge in [-0.1, -0.05) is 6.07 Å². The average Bonchev–Trinajstić information content (AvgIpc) is 2.76. The number of benzene rings is 1. The molecule has 0 aliphatic carbocycles. The van der Waals surface area contributed by atoms with Gasteiger partial charge < -0.3 is 15.3 Å². The summed E-state index contributed by atoms with van der Waals surface area (Å²) in [5.74, 6) is -1.81. The van der Waals surface area contributed by atoms with Gasteiger partial charge in [-0.2, -0.15) is 5.48 Å². The Kier molecular flexibility index (Phi) is 4.28. The summed E-state index contributed by atoms with van der Waals surface area (Å²) in [6.07, 6.45) is 0.908. The zero-order valence-corrected chi connectivity index (χ0v) is 11.1. The topological polar surface area (TPSA) is 87.7 Å². The van der Waals surface area contributed by atoms with Gasteiger partial charge in [-0.25, -0.2) is 0 Å². The summed E-state index contributed by atoms with van der Waals surface area (Å²) in [5, 5.41) is 11.9. The summed E-state index contributed by atoms with van der Waals surface area (Å²) in [7, 11) is 0. The Bertz CT molecular complexity index is 494. The Morgan fingerprint density at radius 3 is 3.00 bits per heavy atom. The highest BCUT2D eigenvalue weighted by atomic mass is 32.2. The molecule has 7 heteroatoms. The van der Waals surface area contributed by atoms with E-state index >= 15 is 0 Å². The molecule has 0 aromatic heterocycles. The molecule has 0 radical (unpaired) electrons. The van der Waals surface area contributed by atoms with E-state index in [9.17, 15) is 14.7 Å². The first-order valence-corrected chi connectivity index (χ1v) is 6.91. The Balaban J connectivity index is 1.94. The van der Waals surface area contributed by atoms with Crippen LogP contribution in [-0.2, 0) is 9.59 Å². The van der Waals surface area contributed by atoms with Crippen molar-refractivity contribution >= 4 is 23.6 Å². The van der Waals surface area contributed by atoms with Crippen molar-refractivity contribution in [3.05, 3.63) is 24.3 Å². The van der Waals surface area contributed by atoms with Crippen molar-refractivity contribution in [3.8, 4) is 5.75 Å². The van der Waals surface area contributed by atoms with Crippen LogP contribution in [0, 0.1) is 5.92 Å². The zero-order valence-electron chi connectivity index (χ0n) is 10.3. The summed E-state index contributed by atoms with van der Waals surface area (Å²) < 4.78 is 0. The highest BCUT2D eigenvalue weighted by Crippen LogP contribution is 2.20. The molecular formula is C12H14N2O4S. The largest absolute Gasteiger partial charge is 0.390 e. The molecule has 1 heterocycles. The van der Waals surface area contributed by atoms with E-state index in [0.29, 0.717) is 5.75 Å². The van der Waals surface area contributed by atoms with Crippen LogP contribution in [0.1, 0.15) is 0 Å². The van der Waals surface area contributed by atoms with E-state index in [2.05, 4.69) is 10.8 Å². The number of aliphatic hydroxyl groups excluding tert-OH is 1. The predicted octanol–water partition coefficient (Wildman–Crippen LogP) is -0.0746. The van der Waals surface area contributed by atoms with E-state index in [0.717, 1.165) is 4.90 Å². The number of carbonyl (C=O) groups is 2. The lowest BCUT2D eigenvalue weighted by atomic mass is 10.1. The molecule has 1 aliphatic rings. The van der Waals surface area contributed by atoms with Crippen LogP contribution in [0.15, 0.2) is 29.2 Å². The second-order valence-electron chi connectivity index (χ2n) is 4.04. The van der Waals surface area contributed by atoms with Crippen molar-refractivity contribution in [1.29, 1.82) is 0 Å².